The Balaban J connectivity index is 2.30. The maximum Gasteiger partial charge on any atom is 0.416 e. The third kappa shape index (κ3) is 5.12. The number of carbonyl (C=O) groups excluding carboxylic acids is 1. The Morgan fingerprint density at radius 1 is 1.35 bits per heavy atom. The molecule has 144 valence electrons. The number of benzene rings is 1. The molecule has 0 aliphatic carbocycles. The molecule has 0 saturated carbocycles. The van der Waals surface area contributed by atoms with E-state index in [1.807, 2.05) is 0 Å². The molecule has 26 heavy (non-hydrogen) atoms. The summed E-state index contributed by atoms with van der Waals surface area (Å²) in [6, 6.07) is 2.21. The molecule has 1 aromatic carbocycles. The molecule has 0 bridgehead atoms. The van der Waals surface area contributed by atoms with Gasteiger partial charge in [0, 0.05) is 11.6 Å². The molecule has 0 unspecified atom stereocenters. The number of halogens is 4. The van der Waals surface area contributed by atoms with Crippen LogP contribution in [-0.2, 0) is 20.9 Å². The quantitative estimate of drug-likeness (QED) is 0.721. The number of anilines is 1. The lowest BCUT2D eigenvalue weighted by Gasteiger charge is -2.26. The highest BCUT2D eigenvalue weighted by atomic mass is 35.5. The zero-order valence-corrected chi connectivity index (χ0v) is 15.0. The van der Waals surface area contributed by atoms with Gasteiger partial charge in [-0.05, 0) is 24.6 Å². The van der Waals surface area contributed by atoms with Gasteiger partial charge in [0.1, 0.15) is 5.25 Å². The smallest absolute Gasteiger partial charge is 0.378 e. The lowest BCUT2D eigenvalue weighted by molar-refractivity contribution is -0.137. The van der Waals surface area contributed by atoms with Crippen molar-refractivity contribution in [2.45, 2.75) is 17.8 Å². The van der Waals surface area contributed by atoms with E-state index >= 15 is 0 Å². The summed E-state index contributed by atoms with van der Waals surface area (Å²) >= 11 is 5.57. The summed E-state index contributed by atoms with van der Waals surface area (Å²) in [6.07, 6.45) is -4.47. The zero-order valence-electron chi connectivity index (χ0n) is 13.4. The van der Waals surface area contributed by atoms with E-state index in [0.717, 1.165) is 6.07 Å². The van der Waals surface area contributed by atoms with Crippen LogP contribution in [0, 0.1) is 0 Å². The molecule has 2 rings (SSSR count). The number of sulfonamides is 1. The molecule has 0 radical (unpaired) electrons. The molecule has 1 amide bonds. The molecule has 2 N–H and O–H groups in total. The standard InChI is InChI=1S/C15H16ClF3N2O4S/c1-9(16)4-5-20-14(22)12-6-10(15(17,18)19)2-3-13(12)21-26(23,24)11-7-25-8-11/h2-3,6,11,21H,1,4-5,7-8H2,(H,20,22). The second kappa shape index (κ2) is 7.85. The molecule has 1 saturated heterocycles. The van der Waals surface area contributed by atoms with Crippen LogP contribution in [-0.4, -0.2) is 39.3 Å². The van der Waals surface area contributed by atoms with E-state index < -0.39 is 38.5 Å². The predicted octanol–water partition coefficient (Wildman–Crippen LogP) is 2.72. The fraction of sp³-hybridized carbons (Fsp3) is 0.400. The number of hydrogen-bond donors (Lipinski definition) is 2. The molecule has 0 aromatic heterocycles. The van der Waals surface area contributed by atoms with Crippen LogP contribution in [0.5, 0.6) is 0 Å². The number of alkyl halides is 3. The average Bonchev–Trinajstić information content (AvgIpc) is 2.42. The summed E-state index contributed by atoms with van der Waals surface area (Å²) in [5.41, 5.74) is -1.75. The van der Waals surface area contributed by atoms with Gasteiger partial charge in [0.2, 0.25) is 10.0 Å². The van der Waals surface area contributed by atoms with E-state index in [9.17, 15) is 26.4 Å². The molecule has 1 fully saturated rings. The van der Waals surface area contributed by atoms with Crippen molar-refractivity contribution < 1.29 is 31.1 Å². The first-order chi connectivity index (χ1) is 12.0. The van der Waals surface area contributed by atoms with Crippen LogP contribution in [0.15, 0.2) is 29.8 Å². The molecule has 1 aliphatic heterocycles. The Morgan fingerprint density at radius 2 is 2.00 bits per heavy atom. The van der Waals surface area contributed by atoms with E-state index in [2.05, 4.69) is 16.6 Å². The molecule has 11 heteroatoms. The van der Waals surface area contributed by atoms with Crippen LogP contribution < -0.4 is 10.0 Å². The highest BCUT2D eigenvalue weighted by Gasteiger charge is 2.35. The molecular formula is C15H16ClF3N2O4S. The predicted molar refractivity (Wildman–Crippen MR) is 90.5 cm³/mol. The van der Waals surface area contributed by atoms with Crippen molar-refractivity contribution in [3.63, 3.8) is 0 Å². The van der Waals surface area contributed by atoms with Crippen molar-refractivity contribution in [2.75, 3.05) is 24.5 Å². The monoisotopic (exact) mass is 412 g/mol. The van der Waals surface area contributed by atoms with E-state index in [1.165, 1.54) is 0 Å². The second-order valence-electron chi connectivity index (χ2n) is 5.59. The third-order valence-electron chi connectivity index (χ3n) is 3.57. The molecule has 1 aromatic rings. The van der Waals surface area contributed by atoms with Crippen LogP contribution >= 0.6 is 11.6 Å². The van der Waals surface area contributed by atoms with Gasteiger partial charge < -0.3 is 10.1 Å². The number of hydrogen-bond acceptors (Lipinski definition) is 4. The van der Waals surface area contributed by atoms with Gasteiger partial charge in [-0.1, -0.05) is 18.2 Å². The van der Waals surface area contributed by atoms with Gasteiger partial charge in [0.15, 0.2) is 0 Å². The number of carbonyl (C=O) groups is 1. The highest BCUT2D eigenvalue weighted by Crippen LogP contribution is 2.32. The van der Waals surface area contributed by atoms with Crippen LogP contribution in [0.3, 0.4) is 0 Å². The normalized spacial score (nSPS) is 15.2. The minimum absolute atomic E-state index is 0.0185. The van der Waals surface area contributed by atoms with Crippen molar-refractivity contribution in [2.24, 2.45) is 0 Å². The first kappa shape index (κ1) is 20.5. The Hall–Kier alpha value is -1.78. The first-order valence-electron chi connectivity index (χ1n) is 7.43. The summed E-state index contributed by atoms with van der Waals surface area (Å²) in [7, 11) is -3.89. The van der Waals surface area contributed by atoms with Gasteiger partial charge in [0.05, 0.1) is 30.0 Å². The fourth-order valence-electron chi connectivity index (χ4n) is 2.03. The van der Waals surface area contributed by atoms with Crippen LogP contribution in [0.2, 0.25) is 0 Å². The molecule has 1 heterocycles. The van der Waals surface area contributed by atoms with Crippen LogP contribution in [0.1, 0.15) is 22.3 Å². The summed E-state index contributed by atoms with van der Waals surface area (Å²) in [5, 5.41) is 1.83. The zero-order chi connectivity index (χ0) is 19.5. The summed E-state index contributed by atoms with van der Waals surface area (Å²) in [6.45, 7) is 3.44. The Morgan fingerprint density at radius 3 is 2.50 bits per heavy atom. The van der Waals surface area contributed by atoms with Crippen LogP contribution in [0.4, 0.5) is 18.9 Å². The first-order valence-corrected chi connectivity index (χ1v) is 9.35. The SMILES string of the molecule is C=C(Cl)CCNC(=O)c1cc(C(F)(F)F)ccc1NS(=O)(=O)C1COC1. The van der Waals surface area contributed by atoms with Crippen molar-refractivity contribution in [1.29, 1.82) is 0 Å². The molecular weight excluding hydrogens is 397 g/mol. The minimum Gasteiger partial charge on any atom is -0.378 e. The lowest BCUT2D eigenvalue weighted by Crippen LogP contribution is -2.44. The largest absolute Gasteiger partial charge is 0.416 e. The van der Waals surface area contributed by atoms with Gasteiger partial charge in [-0.3, -0.25) is 9.52 Å². The maximum absolute atomic E-state index is 12.9. The Labute approximate surface area is 153 Å². The Kier molecular flexibility index (Phi) is 6.20. The van der Waals surface area contributed by atoms with Gasteiger partial charge in [-0.2, -0.15) is 13.2 Å². The van der Waals surface area contributed by atoms with Crippen LogP contribution in [0.25, 0.3) is 0 Å². The van der Waals surface area contributed by atoms with Crippen molar-refractivity contribution >= 4 is 33.2 Å². The third-order valence-corrected chi connectivity index (χ3v) is 5.42. The minimum atomic E-state index is -4.68. The van der Waals surface area contributed by atoms with Gasteiger partial charge >= 0.3 is 6.18 Å². The fourth-order valence-corrected chi connectivity index (χ4v) is 3.33. The molecule has 0 atom stereocenters. The van der Waals surface area contributed by atoms with Crippen molar-refractivity contribution in [3.8, 4) is 0 Å². The van der Waals surface area contributed by atoms with Crippen molar-refractivity contribution in [3.05, 3.63) is 40.9 Å². The maximum atomic E-state index is 12.9. The molecule has 0 spiro atoms. The number of ether oxygens (including phenoxy) is 1. The molecule has 6 nitrogen and oxygen atoms in total. The van der Waals surface area contributed by atoms with E-state index in [4.69, 9.17) is 16.3 Å². The average molecular weight is 413 g/mol. The van der Waals surface area contributed by atoms with E-state index in [0.29, 0.717) is 12.1 Å². The lowest BCUT2D eigenvalue weighted by atomic mass is 10.1. The van der Waals surface area contributed by atoms with E-state index in [1.54, 1.807) is 0 Å². The van der Waals surface area contributed by atoms with Gasteiger partial charge in [-0.25, -0.2) is 8.42 Å². The van der Waals surface area contributed by atoms with E-state index in [-0.39, 0.29) is 36.9 Å². The number of nitrogens with one attached hydrogen (secondary N) is 2. The number of amides is 1. The molecule has 1 aliphatic rings. The second-order valence-corrected chi connectivity index (χ2v) is 8.08. The van der Waals surface area contributed by atoms with Gasteiger partial charge in [-0.15, -0.1) is 0 Å². The topological polar surface area (TPSA) is 84.5 Å². The summed E-state index contributed by atoms with van der Waals surface area (Å²) < 4.78 is 70.1. The summed E-state index contributed by atoms with van der Waals surface area (Å²) in [4.78, 5) is 12.3. The summed E-state index contributed by atoms with van der Waals surface area (Å²) in [5.74, 6) is -0.864. The van der Waals surface area contributed by atoms with Gasteiger partial charge in [0.25, 0.3) is 5.91 Å². The number of rotatable bonds is 7. The van der Waals surface area contributed by atoms with Crippen molar-refractivity contribution in [1.82, 2.24) is 5.32 Å². The highest BCUT2D eigenvalue weighted by molar-refractivity contribution is 7.93. The Bertz CT molecular complexity index is 808.